The molecule has 1 aliphatic heterocycles. The minimum absolute atomic E-state index is 0.0411. The van der Waals surface area contributed by atoms with Crippen molar-refractivity contribution >= 4 is 33.3 Å². The maximum absolute atomic E-state index is 13.6. The molecule has 162 valence electrons. The summed E-state index contributed by atoms with van der Waals surface area (Å²) in [5.74, 6) is 0.752. The van der Waals surface area contributed by atoms with E-state index in [9.17, 15) is 9.59 Å². The van der Waals surface area contributed by atoms with Gasteiger partial charge in [-0.1, -0.05) is 17.7 Å². The number of ether oxygens (including phenoxy) is 2. The van der Waals surface area contributed by atoms with Gasteiger partial charge in [0.1, 0.15) is 5.58 Å². The molecule has 0 N–H and O–H groups in total. The molecule has 3 heterocycles. The summed E-state index contributed by atoms with van der Waals surface area (Å²) < 4.78 is 17.1. The van der Waals surface area contributed by atoms with E-state index in [0.29, 0.717) is 45.3 Å². The van der Waals surface area contributed by atoms with E-state index in [0.717, 1.165) is 5.56 Å². The second-order valence-electron chi connectivity index (χ2n) is 7.41. The first-order valence-corrected chi connectivity index (χ1v) is 11.0. The highest BCUT2D eigenvalue weighted by atomic mass is 32.1. The number of hydrogen-bond donors (Lipinski definition) is 0. The third-order valence-electron chi connectivity index (χ3n) is 5.45. The van der Waals surface area contributed by atoms with Gasteiger partial charge in [-0.15, -0.1) is 11.3 Å². The number of methoxy groups -OCH3 is 1. The molecule has 32 heavy (non-hydrogen) atoms. The molecule has 0 unspecified atom stereocenters. The normalized spacial score (nSPS) is 15.3. The molecule has 1 atom stereocenters. The number of benzene rings is 2. The number of carbonyl (C=O) groups is 1. The van der Waals surface area contributed by atoms with Gasteiger partial charge in [0, 0.05) is 11.6 Å². The predicted molar refractivity (Wildman–Crippen MR) is 122 cm³/mol. The van der Waals surface area contributed by atoms with Crippen LogP contribution in [0.25, 0.3) is 11.0 Å². The zero-order chi connectivity index (χ0) is 22.4. The summed E-state index contributed by atoms with van der Waals surface area (Å²) in [4.78, 5) is 32.9. The smallest absolute Gasteiger partial charge is 0.297 e. The summed E-state index contributed by atoms with van der Waals surface area (Å²) in [5, 5.41) is 2.72. The van der Waals surface area contributed by atoms with E-state index in [1.54, 1.807) is 43.0 Å². The van der Waals surface area contributed by atoms with E-state index in [2.05, 4.69) is 4.98 Å². The maximum atomic E-state index is 13.6. The molecular weight excluding hydrogens is 428 g/mol. The second kappa shape index (κ2) is 7.80. The number of hydrogen-bond acceptors (Lipinski definition) is 7. The number of carbonyl (C=O) groups excluding carboxylic acids is 1. The Morgan fingerprint density at radius 1 is 1.16 bits per heavy atom. The van der Waals surface area contributed by atoms with Crippen molar-refractivity contribution in [3.63, 3.8) is 0 Å². The summed E-state index contributed by atoms with van der Waals surface area (Å²) in [6, 6.07) is 10.1. The van der Waals surface area contributed by atoms with Crippen LogP contribution in [0, 0.1) is 6.92 Å². The molecule has 0 spiro atoms. The van der Waals surface area contributed by atoms with Crippen molar-refractivity contribution in [1.29, 1.82) is 0 Å². The highest BCUT2D eigenvalue weighted by Gasteiger charge is 2.45. The number of anilines is 1. The van der Waals surface area contributed by atoms with E-state index in [-0.39, 0.29) is 11.2 Å². The highest BCUT2D eigenvalue weighted by Crippen LogP contribution is 2.43. The first kappa shape index (κ1) is 20.3. The highest BCUT2D eigenvalue weighted by molar-refractivity contribution is 7.13. The lowest BCUT2D eigenvalue weighted by atomic mass is 9.98. The molecule has 0 aliphatic carbocycles. The largest absolute Gasteiger partial charge is 0.493 e. The lowest BCUT2D eigenvalue weighted by Gasteiger charge is -2.23. The third kappa shape index (κ3) is 3.06. The minimum atomic E-state index is -0.700. The predicted octanol–water partition coefficient (Wildman–Crippen LogP) is 4.72. The van der Waals surface area contributed by atoms with Crippen molar-refractivity contribution in [3.05, 3.63) is 80.6 Å². The van der Waals surface area contributed by atoms with Gasteiger partial charge in [0.05, 0.1) is 30.7 Å². The van der Waals surface area contributed by atoms with Gasteiger partial charge >= 0.3 is 0 Å². The van der Waals surface area contributed by atoms with E-state index in [4.69, 9.17) is 13.9 Å². The third-order valence-corrected chi connectivity index (χ3v) is 6.22. The molecular formula is C24H20N2O5S. The summed E-state index contributed by atoms with van der Waals surface area (Å²) >= 11 is 1.32. The summed E-state index contributed by atoms with van der Waals surface area (Å²) in [6.45, 7) is 4.29. The Hall–Kier alpha value is -3.65. The SMILES string of the molecule is CCOc1ccc([C@H]2c3c(oc4ccc(C)cc4c3=O)C(=O)N2c2nccs2)cc1OC. The topological polar surface area (TPSA) is 81.9 Å². The lowest BCUT2D eigenvalue weighted by molar-refractivity contribution is 0.0971. The molecule has 0 saturated heterocycles. The van der Waals surface area contributed by atoms with Crippen LogP contribution in [0.15, 0.2) is 57.2 Å². The fraction of sp³-hybridized carbons (Fsp3) is 0.208. The number of thiazole rings is 1. The zero-order valence-electron chi connectivity index (χ0n) is 17.7. The van der Waals surface area contributed by atoms with Crippen LogP contribution in [0.4, 0.5) is 5.13 Å². The van der Waals surface area contributed by atoms with Crippen LogP contribution in [-0.2, 0) is 0 Å². The van der Waals surface area contributed by atoms with Crippen LogP contribution in [0.1, 0.15) is 40.2 Å². The maximum Gasteiger partial charge on any atom is 0.297 e. The fourth-order valence-electron chi connectivity index (χ4n) is 4.06. The Morgan fingerprint density at radius 3 is 2.72 bits per heavy atom. The Labute approximate surface area is 187 Å². The number of fused-ring (bicyclic) bond motifs is 2. The van der Waals surface area contributed by atoms with E-state index < -0.39 is 11.9 Å². The van der Waals surface area contributed by atoms with Crippen LogP contribution in [0.5, 0.6) is 11.5 Å². The average molecular weight is 449 g/mol. The van der Waals surface area contributed by atoms with E-state index in [1.165, 1.54) is 16.2 Å². The molecule has 8 heteroatoms. The number of aromatic nitrogens is 1. The first-order chi connectivity index (χ1) is 15.5. The van der Waals surface area contributed by atoms with Gasteiger partial charge in [0.2, 0.25) is 5.76 Å². The minimum Gasteiger partial charge on any atom is -0.493 e. The molecule has 0 fully saturated rings. The van der Waals surface area contributed by atoms with Gasteiger partial charge in [-0.25, -0.2) is 4.98 Å². The van der Waals surface area contributed by atoms with E-state index >= 15 is 0 Å². The molecule has 2 aromatic carbocycles. The standard InChI is InChI=1S/C24H20N2O5S/c1-4-30-17-8-6-14(12-18(17)29-3)20-19-21(27)15-11-13(2)5-7-16(15)31-22(19)23(28)26(20)24-25-9-10-32-24/h5-12,20H,4H2,1-3H3/t20-/m0/s1. The van der Waals surface area contributed by atoms with Crippen molar-refractivity contribution in [2.24, 2.45) is 0 Å². The zero-order valence-corrected chi connectivity index (χ0v) is 18.6. The molecule has 1 amide bonds. The molecule has 0 bridgehead atoms. The van der Waals surface area contributed by atoms with Crippen molar-refractivity contribution in [2.45, 2.75) is 19.9 Å². The fourth-order valence-corrected chi connectivity index (χ4v) is 4.73. The van der Waals surface area contributed by atoms with E-state index in [1.807, 2.05) is 26.0 Å². The van der Waals surface area contributed by atoms with Crippen molar-refractivity contribution in [1.82, 2.24) is 4.98 Å². The number of aryl methyl sites for hydroxylation is 1. The molecule has 2 aromatic heterocycles. The summed E-state index contributed by atoms with van der Waals surface area (Å²) in [6.07, 6.45) is 1.63. The summed E-state index contributed by atoms with van der Waals surface area (Å²) in [7, 11) is 1.55. The Bertz CT molecular complexity index is 1390. The van der Waals surface area contributed by atoms with Crippen LogP contribution in [0.3, 0.4) is 0 Å². The van der Waals surface area contributed by atoms with Gasteiger partial charge in [0.15, 0.2) is 22.1 Å². The van der Waals surface area contributed by atoms with Gasteiger partial charge in [0.25, 0.3) is 5.91 Å². The molecule has 1 aliphatic rings. The molecule has 0 saturated carbocycles. The monoisotopic (exact) mass is 448 g/mol. The van der Waals surface area contributed by atoms with Gasteiger partial charge in [-0.05, 0) is 43.7 Å². The lowest BCUT2D eigenvalue weighted by Crippen LogP contribution is -2.29. The quantitative estimate of drug-likeness (QED) is 0.440. The van der Waals surface area contributed by atoms with Gasteiger partial charge in [-0.3, -0.25) is 14.5 Å². The molecule has 5 rings (SSSR count). The molecule has 0 radical (unpaired) electrons. The molecule has 7 nitrogen and oxygen atoms in total. The Morgan fingerprint density at radius 2 is 2.00 bits per heavy atom. The number of amides is 1. The van der Waals surface area contributed by atoms with Crippen molar-refractivity contribution in [3.8, 4) is 11.5 Å². The van der Waals surface area contributed by atoms with Crippen molar-refractivity contribution < 1.29 is 18.7 Å². The van der Waals surface area contributed by atoms with Crippen molar-refractivity contribution in [2.75, 3.05) is 18.6 Å². The van der Waals surface area contributed by atoms with Gasteiger partial charge in [-0.2, -0.15) is 0 Å². The van der Waals surface area contributed by atoms with Crippen LogP contribution >= 0.6 is 11.3 Å². The van der Waals surface area contributed by atoms with Crippen LogP contribution in [-0.4, -0.2) is 24.6 Å². The Kier molecular flexibility index (Phi) is 4.94. The van der Waals surface area contributed by atoms with Crippen LogP contribution in [0.2, 0.25) is 0 Å². The summed E-state index contributed by atoms with van der Waals surface area (Å²) in [5.41, 5.74) is 2.10. The number of rotatable bonds is 5. The second-order valence-corrected chi connectivity index (χ2v) is 8.28. The average Bonchev–Trinajstić information content (AvgIpc) is 3.41. The first-order valence-electron chi connectivity index (χ1n) is 10.1. The Balaban J connectivity index is 1.78. The number of nitrogens with zero attached hydrogens (tertiary/aromatic N) is 2. The van der Waals surface area contributed by atoms with Gasteiger partial charge < -0.3 is 13.9 Å². The van der Waals surface area contributed by atoms with Crippen LogP contribution < -0.4 is 19.8 Å². The molecule has 4 aromatic rings.